The molecule has 0 spiro atoms. The van der Waals surface area contributed by atoms with Crippen molar-refractivity contribution < 1.29 is 4.79 Å². The number of unbranched alkanes of at least 4 members (excludes halogenated alkanes) is 5. The molecule has 2 aliphatic heterocycles. The number of nitrogens with zero attached hydrogens (tertiary/aromatic N) is 2. The molecule has 1 amide bonds. The van der Waals surface area contributed by atoms with Gasteiger partial charge in [0.05, 0.1) is 4.91 Å². The fourth-order valence-corrected chi connectivity index (χ4v) is 3.99. The Hall–Kier alpha value is -0.680. The number of thioether (sulfide) groups is 1. The van der Waals surface area contributed by atoms with Crippen LogP contribution in [0.5, 0.6) is 0 Å². The minimum atomic E-state index is 0. The summed E-state index contributed by atoms with van der Waals surface area (Å²) in [6.45, 7) is 11.3. The summed E-state index contributed by atoms with van der Waals surface area (Å²) in [4.78, 5) is 20.1. The molecule has 2 rings (SSSR count). The van der Waals surface area contributed by atoms with Crippen molar-refractivity contribution in [2.75, 3.05) is 19.6 Å². The van der Waals surface area contributed by atoms with Gasteiger partial charge in [0.1, 0.15) is 0 Å². The van der Waals surface area contributed by atoms with E-state index < -0.39 is 0 Å². The van der Waals surface area contributed by atoms with E-state index in [-0.39, 0.29) is 23.7 Å². The first-order valence-electron chi connectivity index (χ1n) is 8.93. The van der Waals surface area contributed by atoms with Crippen molar-refractivity contribution in [3.05, 3.63) is 10.6 Å². The molecule has 4 nitrogen and oxygen atoms in total. The minimum Gasteiger partial charge on any atom is -0.352 e. The summed E-state index contributed by atoms with van der Waals surface area (Å²) in [5.74, 6) is 0.0657. The highest BCUT2D eigenvalue weighted by molar-refractivity contribution is 8.18. The molecule has 0 atom stereocenters. The molecule has 2 heterocycles. The van der Waals surface area contributed by atoms with E-state index in [0.717, 1.165) is 41.8 Å². The summed E-state index contributed by atoms with van der Waals surface area (Å²) in [7, 11) is 0. The average molecular weight is 374 g/mol. The van der Waals surface area contributed by atoms with Crippen LogP contribution >= 0.6 is 24.2 Å². The van der Waals surface area contributed by atoms with Gasteiger partial charge in [-0.2, -0.15) is 0 Å². The molecule has 138 valence electrons. The maximum Gasteiger partial charge on any atom is 0.259 e. The van der Waals surface area contributed by atoms with Gasteiger partial charge in [-0.15, -0.1) is 12.4 Å². The van der Waals surface area contributed by atoms with E-state index >= 15 is 0 Å². The summed E-state index contributed by atoms with van der Waals surface area (Å²) in [6.07, 6.45) is 7.47. The quantitative estimate of drug-likeness (QED) is 0.634. The smallest absolute Gasteiger partial charge is 0.259 e. The lowest BCUT2D eigenvalue weighted by Crippen LogP contribution is -2.40. The Kier molecular flexibility index (Phi) is 8.65. The first-order chi connectivity index (χ1) is 10.9. The molecule has 0 saturated carbocycles. The van der Waals surface area contributed by atoms with E-state index in [1.807, 2.05) is 6.92 Å². The van der Waals surface area contributed by atoms with Crippen molar-refractivity contribution in [1.82, 2.24) is 10.2 Å². The van der Waals surface area contributed by atoms with Gasteiger partial charge in [0.2, 0.25) is 0 Å². The number of carbonyl (C=O) groups excluding carboxylic acids is 1. The van der Waals surface area contributed by atoms with Gasteiger partial charge >= 0.3 is 0 Å². The molecule has 0 bridgehead atoms. The van der Waals surface area contributed by atoms with E-state index in [0.29, 0.717) is 0 Å². The van der Waals surface area contributed by atoms with E-state index in [2.05, 4.69) is 36.0 Å². The number of fused-ring (bicyclic) bond motifs is 1. The second kappa shape index (κ2) is 9.71. The molecule has 2 aliphatic rings. The molecule has 0 fully saturated rings. The van der Waals surface area contributed by atoms with Crippen LogP contribution in [0.15, 0.2) is 15.6 Å². The molecule has 1 N–H and O–H groups in total. The molecule has 0 radical (unpaired) electrons. The number of aliphatic imine (C=N–C) groups is 1. The van der Waals surface area contributed by atoms with Gasteiger partial charge in [-0.05, 0) is 25.1 Å². The van der Waals surface area contributed by atoms with Gasteiger partial charge in [-0.3, -0.25) is 9.79 Å². The Morgan fingerprint density at radius 1 is 1.25 bits per heavy atom. The Labute approximate surface area is 157 Å². The zero-order valence-corrected chi connectivity index (χ0v) is 17.1. The van der Waals surface area contributed by atoms with Crippen LogP contribution in [0.3, 0.4) is 0 Å². The van der Waals surface area contributed by atoms with E-state index in [1.165, 1.54) is 43.9 Å². The van der Waals surface area contributed by atoms with Crippen LogP contribution in [-0.4, -0.2) is 35.6 Å². The van der Waals surface area contributed by atoms with Crippen LogP contribution < -0.4 is 5.32 Å². The largest absolute Gasteiger partial charge is 0.352 e. The lowest BCUT2D eigenvalue weighted by Gasteiger charge is -2.35. The van der Waals surface area contributed by atoms with E-state index in [4.69, 9.17) is 0 Å². The predicted molar refractivity (Wildman–Crippen MR) is 107 cm³/mol. The van der Waals surface area contributed by atoms with Crippen LogP contribution in [0, 0.1) is 5.41 Å². The molecule has 0 aromatic heterocycles. The molecule has 0 aliphatic carbocycles. The summed E-state index contributed by atoms with van der Waals surface area (Å²) >= 11 is 1.53. The highest BCUT2D eigenvalue weighted by Gasteiger charge is 2.37. The second-order valence-electron chi connectivity index (χ2n) is 7.39. The number of carbonyl (C=O) groups is 1. The van der Waals surface area contributed by atoms with Gasteiger partial charge in [-0.25, -0.2) is 0 Å². The fourth-order valence-electron chi connectivity index (χ4n) is 2.95. The first-order valence-corrected chi connectivity index (χ1v) is 9.75. The lowest BCUT2D eigenvalue weighted by atomic mass is 9.92. The Bertz CT molecular complexity index is 502. The Morgan fingerprint density at radius 3 is 2.62 bits per heavy atom. The van der Waals surface area contributed by atoms with Crippen molar-refractivity contribution >= 4 is 35.2 Å². The molecule has 0 aromatic rings. The summed E-state index contributed by atoms with van der Waals surface area (Å²) in [5, 5.41) is 4.07. The molecule has 24 heavy (non-hydrogen) atoms. The number of amidine groups is 1. The van der Waals surface area contributed by atoms with Crippen LogP contribution in [0.4, 0.5) is 0 Å². The van der Waals surface area contributed by atoms with Crippen molar-refractivity contribution in [2.45, 2.75) is 66.2 Å². The predicted octanol–water partition coefficient (Wildman–Crippen LogP) is 4.56. The number of nitrogens with one attached hydrogen (secondary N) is 1. The van der Waals surface area contributed by atoms with Gasteiger partial charge in [-0.1, -0.05) is 52.9 Å². The highest BCUT2D eigenvalue weighted by atomic mass is 35.5. The average Bonchev–Trinajstić information content (AvgIpc) is 2.82. The lowest BCUT2D eigenvalue weighted by molar-refractivity contribution is -0.116. The van der Waals surface area contributed by atoms with Crippen molar-refractivity contribution in [3.63, 3.8) is 0 Å². The molecular weight excluding hydrogens is 342 g/mol. The summed E-state index contributed by atoms with van der Waals surface area (Å²) in [5.41, 5.74) is 1.23. The summed E-state index contributed by atoms with van der Waals surface area (Å²) < 4.78 is 0. The Balaban J connectivity index is 0.00000288. The van der Waals surface area contributed by atoms with Crippen LogP contribution in [0.25, 0.3) is 0 Å². The van der Waals surface area contributed by atoms with Crippen molar-refractivity contribution in [3.8, 4) is 0 Å². The molecule has 0 unspecified atom stereocenters. The van der Waals surface area contributed by atoms with Crippen LogP contribution in [0.2, 0.25) is 0 Å². The van der Waals surface area contributed by atoms with Crippen molar-refractivity contribution in [1.29, 1.82) is 0 Å². The third-order valence-corrected chi connectivity index (χ3v) is 5.63. The second-order valence-corrected chi connectivity index (χ2v) is 8.37. The van der Waals surface area contributed by atoms with Crippen LogP contribution in [-0.2, 0) is 4.79 Å². The molecule has 0 aromatic carbocycles. The third-order valence-electron chi connectivity index (χ3n) is 4.41. The van der Waals surface area contributed by atoms with Crippen molar-refractivity contribution in [2.24, 2.45) is 10.4 Å². The van der Waals surface area contributed by atoms with E-state index in [1.54, 1.807) is 0 Å². The number of hydrogen-bond acceptors (Lipinski definition) is 4. The monoisotopic (exact) mass is 373 g/mol. The van der Waals surface area contributed by atoms with Gasteiger partial charge in [0, 0.05) is 30.7 Å². The normalized spacial score (nSPS) is 18.8. The van der Waals surface area contributed by atoms with E-state index in [9.17, 15) is 4.79 Å². The standard InChI is InChI=1S/C18H31N3OS.ClH/c1-5-6-7-8-9-10-11-19-16(22)15-14(2)21-13-18(3,4)12-20-17(21)23-15;/h5-13H2,1-4H3,(H,19,22);1H. The van der Waals surface area contributed by atoms with Crippen LogP contribution in [0.1, 0.15) is 66.2 Å². The molecular formula is C18H32ClN3OS. The maximum atomic E-state index is 12.4. The third kappa shape index (κ3) is 5.69. The number of halogens is 1. The van der Waals surface area contributed by atoms with Gasteiger partial charge in [0.25, 0.3) is 5.91 Å². The highest BCUT2D eigenvalue weighted by Crippen LogP contribution is 2.39. The number of amides is 1. The first kappa shape index (κ1) is 21.4. The topological polar surface area (TPSA) is 44.7 Å². The fraction of sp³-hybridized carbons (Fsp3) is 0.778. The maximum absolute atomic E-state index is 12.4. The SMILES string of the molecule is CCCCCCCCNC(=O)C1=C(C)N2CC(C)(C)CN=C2S1.Cl. The molecule has 0 saturated heterocycles. The zero-order valence-electron chi connectivity index (χ0n) is 15.5. The minimum absolute atomic E-state index is 0. The summed E-state index contributed by atoms with van der Waals surface area (Å²) in [6, 6.07) is 0. The zero-order chi connectivity index (χ0) is 16.9. The van der Waals surface area contributed by atoms with Gasteiger partial charge < -0.3 is 10.2 Å². The Morgan fingerprint density at radius 2 is 1.92 bits per heavy atom. The number of rotatable bonds is 8. The number of allylic oxidation sites excluding steroid dienone is 1. The number of hydrogen-bond donors (Lipinski definition) is 1. The molecule has 6 heteroatoms. The van der Waals surface area contributed by atoms with Gasteiger partial charge in [0.15, 0.2) is 5.17 Å².